The van der Waals surface area contributed by atoms with Gasteiger partial charge in [-0.25, -0.2) is 0 Å². The van der Waals surface area contributed by atoms with Crippen molar-refractivity contribution in [1.29, 1.82) is 0 Å². The monoisotopic (exact) mass is 438 g/mol. The van der Waals surface area contributed by atoms with Crippen molar-refractivity contribution in [3.63, 3.8) is 0 Å². The molecule has 0 heterocycles. The van der Waals surface area contributed by atoms with E-state index in [1.807, 2.05) is 31.2 Å². The fourth-order valence-corrected chi connectivity index (χ4v) is 4.26. The van der Waals surface area contributed by atoms with Crippen molar-refractivity contribution in [3.05, 3.63) is 35.4 Å². The van der Waals surface area contributed by atoms with E-state index < -0.39 is 12.3 Å². The molecular weight excluding hydrogens is 404 g/mol. The van der Waals surface area contributed by atoms with Crippen molar-refractivity contribution < 1.29 is 19.1 Å². The van der Waals surface area contributed by atoms with Crippen LogP contribution in [0.2, 0.25) is 0 Å². The third-order valence-corrected chi connectivity index (χ3v) is 6.52. The summed E-state index contributed by atoms with van der Waals surface area (Å²) in [6.45, 7) is 6.49. The highest BCUT2D eigenvalue weighted by Gasteiger charge is 2.36. The van der Waals surface area contributed by atoms with Crippen LogP contribution in [-0.4, -0.2) is 55.7 Å². The average molecular weight is 439 g/mol. The van der Waals surface area contributed by atoms with Gasteiger partial charge in [0.05, 0.1) is 6.54 Å². The number of benzene rings is 1. The van der Waals surface area contributed by atoms with Crippen molar-refractivity contribution in [2.24, 2.45) is 11.8 Å². The number of nitrogens with zero attached hydrogens (tertiary/aromatic N) is 1. The fraction of sp³-hybridized carbons (Fsp3) is 0.652. The predicted molar refractivity (Wildman–Crippen MR) is 118 cm³/mol. The van der Waals surface area contributed by atoms with Crippen molar-refractivity contribution in [2.45, 2.75) is 58.4 Å². The second kappa shape index (κ2) is 11.7. The molecule has 0 radical (unpaired) electrons. The molecule has 0 bridgehead atoms. The van der Waals surface area contributed by atoms with Crippen LogP contribution in [0.25, 0.3) is 0 Å². The number of nitrogens with one attached hydrogen (secondary N) is 1. The first-order valence-corrected chi connectivity index (χ1v) is 11.1. The lowest BCUT2D eigenvalue weighted by atomic mass is 9.78. The highest BCUT2D eigenvalue weighted by atomic mass is 35.5. The number of alkyl halides is 1. The third-order valence-electron chi connectivity index (χ3n) is 6.29. The molecule has 7 heteroatoms. The molecule has 6 nitrogen and oxygen atoms in total. The largest absolute Gasteiger partial charge is 0.354 e. The minimum atomic E-state index is -0.811. The van der Waals surface area contributed by atoms with E-state index in [9.17, 15) is 9.59 Å². The molecule has 2 rings (SSSR count). The van der Waals surface area contributed by atoms with E-state index in [1.165, 1.54) is 25.5 Å². The number of ether oxygens (including phenoxy) is 2. The molecule has 30 heavy (non-hydrogen) atoms. The topological polar surface area (TPSA) is 67.9 Å². The molecule has 0 spiro atoms. The number of carbonyl (C=O) groups is 2. The molecule has 0 saturated heterocycles. The quantitative estimate of drug-likeness (QED) is 0.472. The lowest BCUT2D eigenvalue weighted by Gasteiger charge is -2.38. The number of halogens is 1. The fourth-order valence-electron chi connectivity index (χ4n) is 4.10. The Kier molecular flexibility index (Phi) is 9.59. The molecule has 1 aliphatic carbocycles. The first-order valence-electron chi connectivity index (χ1n) is 10.6. The summed E-state index contributed by atoms with van der Waals surface area (Å²) in [6, 6.07) is 6.92. The van der Waals surface area contributed by atoms with Crippen molar-refractivity contribution in [3.8, 4) is 0 Å². The van der Waals surface area contributed by atoms with Crippen molar-refractivity contribution >= 4 is 23.4 Å². The Balaban J connectivity index is 2.37. The summed E-state index contributed by atoms with van der Waals surface area (Å²) in [5.74, 6) is 0.154. The molecule has 2 amide bonds. The summed E-state index contributed by atoms with van der Waals surface area (Å²) < 4.78 is 10.6. The zero-order chi connectivity index (χ0) is 22.3. The number of methoxy groups -OCH3 is 2. The highest BCUT2D eigenvalue weighted by molar-refractivity contribution is 6.27. The van der Waals surface area contributed by atoms with E-state index in [-0.39, 0.29) is 30.3 Å². The summed E-state index contributed by atoms with van der Waals surface area (Å²) >= 11 is 5.91. The normalized spacial score (nSPS) is 22.6. The molecule has 1 aromatic rings. The van der Waals surface area contributed by atoms with Gasteiger partial charge in [0, 0.05) is 20.3 Å². The minimum absolute atomic E-state index is 0.0859. The maximum Gasteiger partial charge on any atom is 0.247 e. The Morgan fingerprint density at radius 1 is 1.17 bits per heavy atom. The van der Waals surface area contributed by atoms with E-state index in [2.05, 4.69) is 19.2 Å². The third kappa shape index (κ3) is 6.19. The second-order valence-corrected chi connectivity index (χ2v) is 8.54. The maximum atomic E-state index is 13.5. The van der Waals surface area contributed by atoms with Crippen LogP contribution in [0.5, 0.6) is 0 Å². The van der Waals surface area contributed by atoms with Crippen molar-refractivity contribution in [2.75, 3.05) is 26.6 Å². The van der Waals surface area contributed by atoms with E-state index in [0.717, 1.165) is 24.0 Å². The number of hydrogen-bond acceptors (Lipinski definition) is 4. The Hall–Kier alpha value is -1.63. The van der Waals surface area contributed by atoms with Gasteiger partial charge in [0.2, 0.25) is 11.8 Å². The molecule has 1 saturated carbocycles. The number of rotatable bonds is 9. The summed E-state index contributed by atoms with van der Waals surface area (Å²) in [5, 5.41) is 3.22. The predicted octanol–water partition coefficient (Wildman–Crippen LogP) is 3.66. The molecule has 0 unspecified atom stereocenters. The summed E-state index contributed by atoms with van der Waals surface area (Å²) in [4.78, 5) is 27.8. The van der Waals surface area contributed by atoms with Crippen LogP contribution >= 0.6 is 11.6 Å². The van der Waals surface area contributed by atoms with Gasteiger partial charge in [-0.05, 0) is 30.7 Å². The van der Waals surface area contributed by atoms with Crippen LogP contribution in [0.15, 0.2) is 24.3 Å². The number of aryl methyl sites for hydroxylation is 1. The van der Waals surface area contributed by atoms with Crippen LogP contribution in [0.1, 0.15) is 50.3 Å². The SMILES string of the molecule is COC(CN(C(=O)CCl)[C@H](C(=O)N[C@@H]1CCC[C@H](C)[C@@H]1C)c1ccc(C)cc1)OC. The number of hydrogen-bond donors (Lipinski definition) is 1. The molecule has 0 aromatic heterocycles. The highest BCUT2D eigenvalue weighted by Crippen LogP contribution is 2.31. The van der Waals surface area contributed by atoms with E-state index in [4.69, 9.17) is 21.1 Å². The van der Waals surface area contributed by atoms with Gasteiger partial charge >= 0.3 is 0 Å². The van der Waals surface area contributed by atoms with E-state index in [0.29, 0.717) is 11.8 Å². The van der Waals surface area contributed by atoms with Crippen LogP contribution < -0.4 is 5.32 Å². The molecule has 168 valence electrons. The second-order valence-electron chi connectivity index (χ2n) is 8.28. The molecule has 4 atom stereocenters. The van der Waals surface area contributed by atoms with Gasteiger partial charge in [-0.3, -0.25) is 9.59 Å². The number of carbonyl (C=O) groups excluding carboxylic acids is 2. The lowest BCUT2D eigenvalue weighted by Crippen LogP contribution is -2.51. The van der Waals surface area contributed by atoms with E-state index >= 15 is 0 Å². The van der Waals surface area contributed by atoms with Gasteiger partial charge in [-0.15, -0.1) is 11.6 Å². The number of amides is 2. The van der Waals surface area contributed by atoms with E-state index in [1.54, 1.807) is 0 Å². The molecule has 1 N–H and O–H groups in total. The lowest BCUT2D eigenvalue weighted by molar-refractivity contribution is -0.153. The first kappa shape index (κ1) is 24.6. The molecule has 1 fully saturated rings. The van der Waals surface area contributed by atoms with Crippen molar-refractivity contribution in [1.82, 2.24) is 10.2 Å². The minimum Gasteiger partial charge on any atom is -0.354 e. The van der Waals surface area contributed by atoms with Crippen LogP contribution in [0.4, 0.5) is 0 Å². The standard InChI is InChI=1S/C23H35ClN2O4/c1-15-9-11-18(12-10-15)22(26(20(27)13-24)14-21(29-4)30-5)23(28)25-19-8-6-7-16(2)17(19)3/h9-12,16-17,19,21-22H,6-8,13-14H2,1-5H3,(H,25,28)/t16-,17-,19+,22-/m0/s1. The molecule has 1 aromatic carbocycles. The maximum absolute atomic E-state index is 13.5. The van der Waals surface area contributed by atoms with Gasteiger partial charge in [0.1, 0.15) is 11.9 Å². The molecular formula is C23H35ClN2O4. The Labute approximate surface area is 185 Å². The summed E-state index contributed by atoms with van der Waals surface area (Å²) in [5.41, 5.74) is 1.81. The average Bonchev–Trinajstić information content (AvgIpc) is 2.74. The van der Waals surface area contributed by atoms with Gasteiger partial charge < -0.3 is 19.7 Å². The Morgan fingerprint density at radius 3 is 2.37 bits per heavy atom. The summed E-state index contributed by atoms with van der Waals surface area (Å²) in [7, 11) is 3.01. The van der Waals surface area contributed by atoms with Crippen LogP contribution in [0.3, 0.4) is 0 Å². The van der Waals surface area contributed by atoms with Crippen LogP contribution in [0, 0.1) is 18.8 Å². The zero-order valence-corrected chi connectivity index (χ0v) is 19.4. The van der Waals surface area contributed by atoms with Gasteiger partial charge in [0.15, 0.2) is 6.29 Å². The smallest absolute Gasteiger partial charge is 0.247 e. The van der Waals surface area contributed by atoms with Crippen LogP contribution in [-0.2, 0) is 19.1 Å². The zero-order valence-electron chi connectivity index (χ0n) is 18.7. The van der Waals surface area contributed by atoms with Gasteiger partial charge in [0.25, 0.3) is 0 Å². The van der Waals surface area contributed by atoms with Gasteiger partial charge in [-0.1, -0.05) is 56.5 Å². The first-order chi connectivity index (χ1) is 14.3. The Morgan fingerprint density at radius 2 is 1.80 bits per heavy atom. The molecule has 1 aliphatic rings. The molecule has 0 aliphatic heterocycles. The summed E-state index contributed by atoms with van der Waals surface area (Å²) in [6.07, 6.45) is 2.55. The van der Waals surface area contributed by atoms with Gasteiger partial charge in [-0.2, -0.15) is 0 Å². The Bertz CT molecular complexity index is 693.